The minimum atomic E-state index is 0.268. The van der Waals surface area contributed by atoms with E-state index >= 15 is 0 Å². The van der Waals surface area contributed by atoms with Crippen LogP contribution in [-0.2, 0) is 6.54 Å². The van der Waals surface area contributed by atoms with Crippen LogP contribution in [-0.4, -0.2) is 44.8 Å². The summed E-state index contributed by atoms with van der Waals surface area (Å²) in [5.74, 6) is 1.59. The van der Waals surface area contributed by atoms with Gasteiger partial charge in [-0.05, 0) is 23.1 Å². The average molecular weight is 292 g/mol. The highest BCUT2D eigenvalue weighted by atomic mass is 16.5. The molecule has 0 bridgehead atoms. The normalized spacial score (nSPS) is 20.3. The van der Waals surface area contributed by atoms with Crippen molar-refractivity contribution in [1.29, 1.82) is 0 Å². The maximum absolute atomic E-state index is 5.40. The average Bonchev–Trinajstić information content (AvgIpc) is 2.46. The van der Waals surface area contributed by atoms with Crippen molar-refractivity contribution in [2.24, 2.45) is 5.41 Å². The summed E-state index contributed by atoms with van der Waals surface area (Å²) in [4.78, 5) is 2.57. The summed E-state index contributed by atoms with van der Waals surface area (Å²) in [5.41, 5.74) is 1.54. The Hall–Kier alpha value is -1.26. The van der Waals surface area contributed by atoms with Crippen molar-refractivity contribution < 1.29 is 9.47 Å². The van der Waals surface area contributed by atoms with Gasteiger partial charge in [-0.3, -0.25) is 4.90 Å². The Labute approximate surface area is 128 Å². The van der Waals surface area contributed by atoms with E-state index in [1.165, 1.54) is 5.56 Å². The Morgan fingerprint density at radius 1 is 1.19 bits per heavy atom. The molecular weight excluding hydrogens is 264 g/mol. The molecule has 4 nitrogen and oxygen atoms in total. The summed E-state index contributed by atoms with van der Waals surface area (Å²) in [7, 11) is 3.36. The van der Waals surface area contributed by atoms with Gasteiger partial charge in [-0.25, -0.2) is 0 Å². The van der Waals surface area contributed by atoms with Crippen molar-refractivity contribution in [2.45, 2.75) is 33.4 Å². The Kier molecular flexibility index (Phi) is 5.12. The second-order valence-electron chi connectivity index (χ2n) is 6.75. The lowest BCUT2D eigenvalue weighted by molar-refractivity contribution is 0.0688. The van der Waals surface area contributed by atoms with Crippen LogP contribution in [0, 0.1) is 5.41 Å². The van der Waals surface area contributed by atoms with Crippen LogP contribution in [0.4, 0.5) is 0 Å². The number of ether oxygens (including phenoxy) is 2. The minimum absolute atomic E-state index is 0.268. The van der Waals surface area contributed by atoms with Gasteiger partial charge in [-0.15, -0.1) is 0 Å². The van der Waals surface area contributed by atoms with Crippen molar-refractivity contribution in [1.82, 2.24) is 10.2 Å². The molecule has 21 heavy (non-hydrogen) atoms. The van der Waals surface area contributed by atoms with E-state index in [2.05, 4.69) is 43.1 Å². The number of hydrogen-bond donors (Lipinski definition) is 1. The van der Waals surface area contributed by atoms with E-state index < -0.39 is 0 Å². The fraction of sp³-hybridized carbons (Fsp3) is 0.647. The van der Waals surface area contributed by atoms with Crippen LogP contribution in [0.25, 0.3) is 0 Å². The highest BCUT2D eigenvalue weighted by Crippen LogP contribution is 2.30. The summed E-state index contributed by atoms with van der Waals surface area (Å²) in [5, 5.41) is 3.51. The van der Waals surface area contributed by atoms with Gasteiger partial charge in [0.1, 0.15) is 0 Å². The molecule has 2 rings (SSSR count). The molecule has 1 heterocycles. The smallest absolute Gasteiger partial charge is 0.161 e. The van der Waals surface area contributed by atoms with Gasteiger partial charge in [0.05, 0.1) is 14.2 Å². The van der Waals surface area contributed by atoms with Crippen LogP contribution in [0.1, 0.15) is 26.3 Å². The van der Waals surface area contributed by atoms with Crippen molar-refractivity contribution in [3.63, 3.8) is 0 Å². The molecule has 1 aliphatic heterocycles. The molecular formula is C17H28N2O2. The van der Waals surface area contributed by atoms with Gasteiger partial charge in [-0.1, -0.05) is 26.8 Å². The molecule has 1 unspecified atom stereocenters. The van der Waals surface area contributed by atoms with Crippen molar-refractivity contribution in [3.8, 4) is 11.5 Å². The zero-order valence-corrected chi connectivity index (χ0v) is 13.9. The van der Waals surface area contributed by atoms with Crippen LogP contribution < -0.4 is 14.8 Å². The SMILES string of the molecule is COc1ccc(CN2CCNCC2C(C)(C)C)cc1OC. The first-order chi connectivity index (χ1) is 9.95. The highest BCUT2D eigenvalue weighted by molar-refractivity contribution is 5.42. The van der Waals surface area contributed by atoms with Gasteiger partial charge < -0.3 is 14.8 Å². The zero-order chi connectivity index (χ0) is 15.5. The predicted octanol–water partition coefficient (Wildman–Crippen LogP) is 2.52. The summed E-state index contributed by atoms with van der Waals surface area (Å²) in [6.07, 6.45) is 0. The Morgan fingerprint density at radius 2 is 1.90 bits per heavy atom. The third-order valence-corrected chi connectivity index (χ3v) is 4.19. The zero-order valence-electron chi connectivity index (χ0n) is 13.9. The minimum Gasteiger partial charge on any atom is -0.493 e. The number of nitrogens with one attached hydrogen (secondary N) is 1. The molecule has 1 N–H and O–H groups in total. The molecule has 0 aromatic heterocycles. The van der Waals surface area contributed by atoms with Gasteiger partial charge >= 0.3 is 0 Å². The van der Waals surface area contributed by atoms with Gasteiger partial charge in [-0.2, -0.15) is 0 Å². The second-order valence-corrected chi connectivity index (χ2v) is 6.75. The third-order valence-electron chi connectivity index (χ3n) is 4.19. The van der Waals surface area contributed by atoms with Crippen LogP contribution >= 0.6 is 0 Å². The molecule has 1 saturated heterocycles. The van der Waals surface area contributed by atoms with Gasteiger partial charge in [0.25, 0.3) is 0 Å². The molecule has 0 radical (unpaired) electrons. The largest absolute Gasteiger partial charge is 0.493 e. The molecule has 1 fully saturated rings. The van der Waals surface area contributed by atoms with Gasteiger partial charge in [0, 0.05) is 32.2 Å². The lowest BCUT2D eigenvalue weighted by Gasteiger charge is -2.43. The number of piperazine rings is 1. The molecule has 0 saturated carbocycles. The quantitative estimate of drug-likeness (QED) is 0.924. The van der Waals surface area contributed by atoms with Crippen molar-refractivity contribution in [3.05, 3.63) is 23.8 Å². The van der Waals surface area contributed by atoms with Gasteiger partial charge in [0.2, 0.25) is 0 Å². The molecule has 1 aromatic rings. The van der Waals surface area contributed by atoms with Crippen LogP contribution in [0.15, 0.2) is 18.2 Å². The molecule has 1 atom stereocenters. The fourth-order valence-electron chi connectivity index (χ4n) is 3.00. The second kappa shape index (κ2) is 6.67. The first-order valence-corrected chi connectivity index (χ1v) is 7.61. The Balaban J connectivity index is 2.15. The van der Waals surface area contributed by atoms with Crippen molar-refractivity contribution >= 4 is 0 Å². The predicted molar refractivity (Wildman–Crippen MR) is 86.1 cm³/mol. The topological polar surface area (TPSA) is 33.7 Å². The molecule has 0 spiro atoms. The number of hydrogen-bond acceptors (Lipinski definition) is 4. The summed E-state index contributed by atoms with van der Waals surface area (Å²) in [6, 6.07) is 6.74. The Bertz CT molecular complexity index is 468. The lowest BCUT2D eigenvalue weighted by Crippen LogP contribution is -2.56. The van der Waals surface area contributed by atoms with E-state index in [9.17, 15) is 0 Å². The van der Waals surface area contributed by atoms with E-state index in [4.69, 9.17) is 9.47 Å². The lowest BCUT2D eigenvalue weighted by atomic mass is 9.84. The molecule has 4 heteroatoms. The standard InChI is InChI=1S/C17H28N2O2/c1-17(2,3)16-11-18-8-9-19(16)12-13-6-7-14(20-4)15(10-13)21-5/h6-7,10,16,18H,8-9,11-12H2,1-5H3. The summed E-state index contributed by atoms with van der Waals surface area (Å²) in [6.45, 7) is 11.1. The Morgan fingerprint density at radius 3 is 2.52 bits per heavy atom. The number of benzene rings is 1. The van der Waals surface area contributed by atoms with E-state index in [-0.39, 0.29) is 5.41 Å². The van der Waals surface area contributed by atoms with Crippen molar-refractivity contribution in [2.75, 3.05) is 33.9 Å². The van der Waals surface area contributed by atoms with E-state index in [1.54, 1.807) is 14.2 Å². The molecule has 0 amide bonds. The maximum Gasteiger partial charge on any atom is 0.161 e. The molecule has 1 aromatic carbocycles. The monoisotopic (exact) mass is 292 g/mol. The number of methoxy groups -OCH3 is 2. The molecule has 0 aliphatic carbocycles. The van der Waals surface area contributed by atoms with Crippen LogP contribution in [0.5, 0.6) is 11.5 Å². The van der Waals surface area contributed by atoms with E-state index in [0.717, 1.165) is 37.7 Å². The summed E-state index contributed by atoms with van der Waals surface area (Å²) < 4.78 is 10.7. The van der Waals surface area contributed by atoms with E-state index in [1.807, 2.05) is 6.07 Å². The third kappa shape index (κ3) is 3.89. The highest BCUT2D eigenvalue weighted by Gasteiger charge is 2.32. The first kappa shape index (κ1) is 16.1. The van der Waals surface area contributed by atoms with Crippen LogP contribution in [0.3, 0.4) is 0 Å². The first-order valence-electron chi connectivity index (χ1n) is 7.61. The fourth-order valence-corrected chi connectivity index (χ4v) is 3.00. The number of nitrogens with zero attached hydrogens (tertiary/aromatic N) is 1. The molecule has 118 valence electrons. The van der Waals surface area contributed by atoms with E-state index in [0.29, 0.717) is 6.04 Å². The molecule has 1 aliphatic rings. The maximum atomic E-state index is 5.40. The van der Waals surface area contributed by atoms with Crippen LogP contribution in [0.2, 0.25) is 0 Å². The van der Waals surface area contributed by atoms with Gasteiger partial charge in [0.15, 0.2) is 11.5 Å². The number of rotatable bonds is 4. The summed E-state index contributed by atoms with van der Waals surface area (Å²) >= 11 is 0.